The molecule has 4 aromatic rings. The van der Waals surface area contributed by atoms with Crippen LogP contribution in [0.25, 0.3) is 28.2 Å². The smallest absolute Gasteiger partial charge is 0.336 e. The van der Waals surface area contributed by atoms with Gasteiger partial charge >= 0.3 is 5.97 Å². The van der Waals surface area contributed by atoms with Crippen molar-refractivity contribution in [2.45, 2.75) is 0 Å². The third kappa shape index (κ3) is 4.00. The van der Waals surface area contributed by atoms with E-state index in [9.17, 15) is 9.59 Å². The molecule has 30 heavy (non-hydrogen) atoms. The van der Waals surface area contributed by atoms with E-state index in [4.69, 9.17) is 13.9 Å². The Kier molecular flexibility index (Phi) is 5.44. The number of methoxy groups -OCH3 is 1. The zero-order chi connectivity index (χ0) is 20.9. The van der Waals surface area contributed by atoms with E-state index >= 15 is 0 Å². The van der Waals surface area contributed by atoms with Gasteiger partial charge in [-0.2, -0.15) is 0 Å². The monoisotopic (exact) mass is 398 g/mol. The molecule has 0 spiro atoms. The Morgan fingerprint density at radius 2 is 1.70 bits per heavy atom. The van der Waals surface area contributed by atoms with Crippen LogP contribution in [0.2, 0.25) is 0 Å². The van der Waals surface area contributed by atoms with Crippen molar-refractivity contribution in [2.24, 2.45) is 0 Å². The Morgan fingerprint density at radius 3 is 2.50 bits per heavy atom. The second kappa shape index (κ2) is 8.49. The van der Waals surface area contributed by atoms with E-state index in [1.807, 2.05) is 42.5 Å². The highest BCUT2D eigenvalue weighted by atomic mass is 16.5. The first-order valence-electron chi connectivity index (χ1n) is 9.29. The maximum Gasteiger partial charge on any atom is 0.336 e. The van der Waals surface area contributed by atoms with Gasteiger partial charge in [0.1, 0.15) is 23.3 Å². The van der Waals surface area contributed by atoms with Gasteiger partial charge in [0.15, 0.2) is 0 Å². The van der Waals surface area contributed by atoms with Crippen molar-refractivity contribution in [3.63, 3.8) is 0 Å². The molecule has 0 N–H and O–H groups in total. The first-order valence-corrected chi connectivity index (χ1v) is 9.29. The fraction of sp³-hybridized carbons (Fsp3) is 0.0400. The molecule has 0 aliphatic heterocycles. The minimum absolute atomic E-state index is 0.192. The summed E-state index contributed by atoms with van der Waals surface area (Å²) >= 11 is 0. The van der Waals surface area contributed by atoms with E-state index in [0.717, 1.165) is 5.56 Å². The fourth-order valence-electron chi connectivity index (χ4n) is 3.10. The molecule has 0 saturated carbocycles. The number of fused-ring (bicyclic) bond motifs is 1. The van der Waals surface area contributed by atoms with Crippen molar-refractivity contribution >= 4 is 23.0 Å². The molecule has 0 atom stereocenters. The summed E-state index contributed by atoms with van der Waals surface area (Å²) < 4.78 is 16.3. The quantitative estimate of drug-likeness (QED) is 0.266. The number of para-hydroxylation sites is 1. The van der Waals surface area contributed by atoms with Gasteiger partial charge in [0, 0.05) is 17.7 Å². The fourth-order valence-corrected chi connectivity index (χ4v) is 3.10. The van der Waals surface area contributed by atoms with Gasteiger partial charge in [-0.05, 0) is 29.8 Å². The molecule has 0 fully saturated rings. The Labute approximate surface area is 172 Å². The van der Waals surface area contributed by atoms with Crippen molar-refractivity contribution in [3.05, 3.63) is 101 Å². The number of rotatable bonds is 5. The zero-order valence-corrected chi connectivity index (χ0v) is 16.2. The molecule has 3 aromatic carbocycles. The van der Waals surface area contributed by atoms with Crippen LogP contribution in [0.5, 0.6) is 11.5 Å². The van der Waals surface area contributed by atoms with Crippen LogP contribution >= 0.6 is 0 Å². The minimum Gasteiger partial charge on any atom is -0.496 e. The Morgan fingerprint density at radius 1 is 0.933 bits per heavy atom. The SMILES string of the molecule is COc1ccccc1-c1coc2cc(OC(=O)/C=C/c3ccccc3)ccc2c1=O. The van der Waals surface area contributed by atoms with Gasteiger partial charge in [0.05, 0.1) is 18.1 Å². The first kappa shape index (κ1) is 19.2. The molecule has 1 aromatic heterocycles. The summed E-state index contributed by atoms with van der Waals surface area (Å²) in [7, 11) is 1.55. The summed E-state index contributed by atoms with van der Waals surface area (Å²) in [4.78, 5) is 25.0. The molecule has 0 saturated heterocycles. The lowest BCUT2D eigenvalue weighted by Crippen LogP contribution is -2.07. The van der Waals surface area contributed by atoms with Crippen LogP contribution in [0.15, 0.2) is 94.3 Å². The summed E-state index contributed by atoms with van der Waals surface area (Å²) in [5.74, 6) is 0.351. The molecule has 1 heterocycles. The molecule has 4 rings (SSSR count). The van der Waals surface area contributed by atoms with Gasteiger partial charge in [0.25, 0.3) is 0 Å². The molecule has 148 valence electrons. The summed E-state index contributed by atoms with van der Waals surface area (Å²) in [5, 5.41) is 0.387. The third-order valence-electron chi connectivity index (χ3n) is 4.57. The molecule has 0 bridgehead atoms. The average molecular weight is 398 g/mol. The average Bonchev–Trinajstić information content (AvgIpc) is 2.79. The summed E-state index contributed by atoms with van der Waals surface area (Å²) in [6, 6.07) is 21.4. The van der Waals surface area contributed by atoms with E-state index < -0.39 is 5.97 Å². The molecule has 5 nitrogen and oxygen atoms in total. The lowest BCUT2D eigenvalue weighted by atomic mass is 10.0. The topological polar surface area (TPSA) is 65.7 Å². The Balaban J connectivity index is 1.60. The van der Waals surface area contributed by atoms with Crippen LogP contribution in [0.3, 0.4) is 0 Å². The Hall–Kier alpha value is -4.12. The standard InChI is InChI=1S/C25H18O5/c1-28-22-10-6-5-9-19(22)21-16-29-23-15-18(12-13-20(23)25(21)27)30-24(26)14-11-17-7-3-2-4-8-17/h2-16H,1H3/b14-11+. The molecular weight excluding hydrogens is 380 g/mol. The van der Waals surface area contributed by atoms with Crippen LogP contribution in [0, 0.1) is 0 Å². The lowest BCUT2D eigenvalue weighted by Gasteiger charge is -2.08. The molecule has 5 heteroatoms. The number of hydrogen-bond acceptors (Lipinski definition) is 5. The number of hydrogen-bond donors (Lipinski definition) is 0. The number of carbonyl (C=O) groups is 1. The van der Waals surface area contributed by atoms with Crippen LogP contribution < -0.4 is 14.9 Å². The Bertz CT molecular complexity index is 1290. The van der Waals surface area contributed by atoms with Gasteiger partial charge in [-0.15, -0.1) is 0 Å². The number of ether oxygens (including phenoxy) is 2. The maximum atomic E-state index is 13.0. The predicted octanol–water partition coefficient (Wildman–Crippen LogP) is 5.09. The van der Waals surface area contributed by atoms with E-state index in [-0.39, 0.29) is 5.43 Å². The van der Waals surface area contributed by atoms with Gasteiger partial charge < -0.3 is 13.9 Å². The lowest BCUT2D eigenvalue weighted by molar-refractivity contribution is -0.128. The van der Waals surface area contributed by atoms with E-state index in [1.54, 1.807) is 37.5 Å². The molecule has 0 amide bonds. The molecule has 0 radical (unpaired) electrons. The van der Waals surface area contributed by atoms with E-state index in [2.05, 4.69) is 0 Å². The van der Waals surface area contributed by atoms with Gasteiger partial charge in [-0.25, -0.2) is 4.79 Å². The summed E-state index contributed by atoms with van der Waals surface area (Å²) in [6.45, 7) is 0. The zero-order valence-electron chi connectivity index (χ0n) is 16.2. The van der Waals surface area contributed by atoms with Crippen LogP contribution in [0.4, 0.5) is 0 Å². The maximum absolute atomic E-state index is 13.0. The molecule has 0 aliphatic rings. The van der Waals surface area contributed by atoms with Crippen LogP contribution in [-0.2, 0) is 4.79 Å². The molecule has 0 aliphatic carbocycles. The predicted molar refractivity (Wildman–Crippen MR) is 116 cm³/mol. The van der Waals surface area contributed by atoms with Gasteiger partial charge in [0.2, 0.25) is 5.43 Å². The summed E-state index contributed by atoms with van der Waals surface area (Å²) in [6.07, 6.45) is 4.41. The van der Waals surface area contributed by atoms with Crippen molar-refractivity contribution in [2.75, 3.05) is 7.11 Å². The van der Waals surface area contributed by atoms with Crippen LogP contribution in [0.1, 0.15) is 5.56 Å². The normalized spacial score (nSPS) is 11.0. The van der Waals surface area contributed by atoms with Gasteiger partial charge in [-0.1, -0.05) is 48.5 Å². The van der Waals surface area contributed by atoms with E-state index in [0.29, 0.717) is 33.6 Å². The summed E-state index contributed by atoms with van der Waals surface area (Å²) in [5.41, 5.74) is 2.08. The highest BCUT2D eigenvalue weighted by Gasteiger charge is 2.14. The first-order chi connectivity index (χ1) is 14.7. The highest BCUT2D eigenvalue weighted by molar-refractivity contribution is 5.90. The largest absolute Gasteiger partial charge is 0.496 e. The molecular formula is C25H18O5. The van der Waals surface area contributed by atoms with Crippen molar-refractivity contribution in [1.82, 2.24) is 0 Å². The number of benzene rings is 3. The van der Waals surface area contributed by atoms with Crippen molar-refractivity contribution < 1.29 is 18.7 Å². The third-order valence-corrected chi connectivity index (χ3v) is 4.57. The second-order valence-electron chi connectivity index (χ2n) is 6.50. The second-order valence-corrected chi connectivity index (χ2v) is 6.50. The number of esters is 1. The van der Waals surface area contributed by atoms with Crippen molar-refractivity contribution in [3.8, 4) is 22.6 Å². The minimum atomic E-state index is -0.522. The number of carbonyl (C=O) groups excluding carboxylic acids is 1. The molecule has 0 unspecified atom stereocenters. The van der Waals surface area contributed by atoms with Crippen LogP contribution in [-0.4, -0.2) is 13.1 Å². The highest BCUT2D eigenvalue weighted by Crippen LogP contribution is 2.29. The van der Waals surface area contributed by atoms with Crippen molar-refractivity contribution in [1.29, 1.82) is 0 Å². The van der Waals surface area contributed by atoms with Gasteiger partial charge in [-0.3, -0.25) is 4.79 Å². The van der Waals surface area contributed by atoms with E-state index in [1.165, 1.54) is 18.4 Å².